The summed E-state index contributed by atoms with van der Waals surface area (Å²) in [6.07, 6.45) is 2.85. The van der Waals surface area contributed by atoms with Gasteiger partial charge in [0.25, 0.3) is 0 Å². The first kappa shape index (κ1) is 25.4. The zero-order chi connectivity index (χ0) is 23.5. The van der Waals surface area contributed by atoms with E-state index < -0.39 is 23.9 Å². The van der Waals surface area contributed by atoms with Crippen molar-refractivity contribution >= 4 is 46.9 Å². The molecular formula is C21H25Cl2N5O4. The summed E-state index contributed by atoms with van der Waals surface area (Å²) < 4.78 is 0. The van der Waals surface area contributed by atoms with Crippen LogP contribution in [0.4, 0.5) is 10.6 Å². The highest BCUT2D eigenvalue weighted by Gasteiger charge is 2.18. The predicted molar refractivity (Wildman–Crippen MR) is 123 cm³/mol. The molecule has 5 N–H and O–H groups in total. The summed E-state index contributed by atoms with van der Waals surface area (Å²) in [4.78, 5) is 39.3. The van der Waals surface area contributed by atoms with Gasteiger partial charge in [0.05, 0.1) is 12.5 Å². The maximum atomic E-state index is 12.0. The number of hydrogen-bond donors (Lipinski definition) is 5. The van der Waals surface area contributed by atoms with Crippen LogP contribution in [-0.4, -0.2) is 34.5 Å². The van der Waals surface area contributed by atoms with E-state index in [4.69, 9.17) is 28.3 Å². The maximum Gasteiger partial charge on any atom is 0.335 e. The number of amides is 3. The lowest BCUT2D eigenvalue weighted by atomic mass is 10.0. The van der Waals surface area contributed by atoms with Crippen LogP contribution in [-0.2, 0) is 9.59 Å². The standard InChI is InChI=1S/C21H25Cl2N5O4/c1-13-5-7-25-18(8-13)24-6-3-2-4-19(29)26-21(32)28-27-17(12-20(30)31)14-9-15(22)11-16(23)10-14/h5,7-11,17,27H,2-4,6,12H2,1H3,(H,24,25)(H,30,31)(H2,26,28,29,32). The Morgan fingerprint density at radius 1 is 1.09 bits per heavy atom. The number of nitrogens with one attached hydrogen (secondary N) is 4. The molecule has 0 bridgehead atoms. The lowest BCUT2D eigenvalue weighted by Gasteiger charge is -2.18. The molecule has 0 aliphatic heterocycles. The van der Waals surface area contributed by atoms with Crippen molar-refractivity contribution in [2.45, 2.75) is 38.6 Å². The molecule has 0 spiro atoms. The molecule has 0 aliphatic carbocycles. The molecule has 0 saturated heterocycles. The smallest absolute Gasteiger partial charge is 0.335 e. The number of carbonyl (C=O) groups excluding carboxylic acids is 2. The predicted octanol–water partition coefficient (Wildman–Crippen LogP) is 3.83. The van der Waals surface area contributed by atoms with Crippen LogP contribution in [0.1, 0.15) is 42.9 Å². The number of aliphatic carboxylic acids is 1. The number of carboxylic acid groups (broad SMARTS) is 1. The number of nitrogens with zero attached hydrogens (tertiary/aromatic N) is 1. The lowest BCUT2D eigenvalue weighted by Crippen LogP contribution is -2.47. The van der Waals surface area contributed by atoms with Crippen LogP contribution in [0.3, 0.4) is 0 Å². The number of hydrazine groups is 1. The molecule has 3 amide bonds. The first-order chi connectivity index (χ1) is 15.2. The topological polar surface area (TPSA) is 132 Å². The fourth-order valence-electron chi connectivity index (χ4n) is 2.84. The first-order valence-electron chi connectivity index (χ1n) is 9.92. The normalized spacial score (nSPS) is 11.5. The average Bonchev–Trinajstić information content (AvgIpc) is 2.70. The van der Waals surface area contributed by atoms with E-state index in [1.54, 1.807) is 18.3 Å². The summed E-state index contributed by atoms with van der Waals surface area (Å²) >= 11 is 11.9. The number of imide groups is 1. The number of rotatable bonds is 11. The second-order valence-corrected chi connectivity index (χ2v) is 7.98. The summed E-state index contributed by atoms with van der Waals surface area (Å²) in [7, 11) is 0. The number of pyridine rings is 1. The third-order valence-electron chi connectivity index (χ3n) is 4.33. The Morgan fingerprint density at radius 3 is 2.47 bits per heavy atom. The second-order valence-electron chi connectivity index (χ2n) is 7.10. The van der Waals surface area contributed by atoms with E-state index in [1.165, 1.54) is 6.07 Å². The summed E-state index contributed by atoms with van der Waals surface area (Å²) in [5, 5.41) is 15.2. The molecule has 0 fully saturated rings. The second kappa shape index (κ2) is 12.8. The number of carboxylic acids is 1. The van der Waals surface area contributed by atoms with E-state index in [1.807, 2.05) is 19.1 Å². The van der Waals surface area contributed by atoms with Gasteiger partial charge in [0, 0.05) is 29.2 Å². The molecule has 0 radical (unpaired) electrons. The van der Waals surface area contributed by atoms with Crippen molar-refractivity contribution in [3.63, 3.8) is 0 Å². The van der Waals surface area contributed by atoms with Crippen molar-refractivity contribution in [1.82, 2.24) is 21.2 Å². The lowest BCUT2D eigenvalue weighted by molar-refractivity contribution is -0.137. The summed E-state index contributed by atoms with van der Waals surface area (Å²) in [5.41, 5.74) is 6.47. The molecule has 9 nitrogen and oxygen atoms in total. The number of benzene rings is 1. The summed E-state index contributed by atoms with van der Waals surface area (Å²) in [6.45, 7) is 2.63. The van der Waals surface area contributed by atoms with Gasteiger partial charge in [-0.25, -0.2) is 15.2 Å². The Hall–Kier alpha value is -2.88. The Balaban J connectivity index is 1.72. The van der Waals surface area contributed by atoms with Crippen molar-refractivity contribution < 1.29 is 19.5 Å². The Morgan fingerprint density at radius 2 is 1.81 bits per heavy atom. The van der Waals surface area contributed by atoms with Crippen molar-refractivity contribution in [2.24, 2.45) is 0 Å². The van der Waals surface area contributed by atoms with E-state index in [2.05, 4.69) is 26.5 Å². The van der Waals surface area contributed by atoms with Gasteiger partial charge in [0.2, 0.25) is 5.91 Å². The van der Waals surface area contributed by atoms with Gasteiger partial charge in [-0.05, 0) is 61.2 Å². The van der Waals surface area contributed by atoms with Crippen LogP contribution in [0.5, 0.6) is 0 Å². The highest BCUT2D eigenvalue weighted by atomic mass is 35.5. The van der Waals surface area contributed by atoms with Crippen LogP contribution in [0.2, 0.25) is 10.0 Å². The van der Waals surface area contributed by atoms with Crippen LogP contribution in [0.25, 0.3) is 0 Å². The number of anilines is 1. The maximum absolute atomic E-state index is 12.0. The van der Waals surface area contributed by atoms with Crippen molar-refractivity contribution in [1.29, 1.82) is 0 Å². The van der Waals surface area contributed by atoms with Crippen molar-refractivity contribution in [2.75, 3.05) is 11.9 Å². The largest absolute Gasteiger partial charge is 0.481 e. The third-order valence-corrected chi connectivity index (χ3v) is 4.77. The molecular weight excluding hydrogens is 457 g/mol. The third kappa shape index (κ3) is 9.51. The molecule has 1 atom stereocenters. The van der Waals surface area contributed by atoms with E-state index >= 15 is 0 Å². The van der Waals surface area contributed by atoms with Gasteiger partial charge in [0.15, 0.2) is 0 Å². The molecule has 1 aromatic heterocycles. The van der Waals surface area contributed by atoms with Gasteiger partial charge in [0.1, 0.15) is 5.82 Å². The van der Waals surface area contributed by atoms with Gasteiger partial charge < -0.3 is 10.4 Å². The number of aryl methyl sites for hydroxylation is 1. The molecule has 172 valence electrons. The van der Waals surface area contributed by atoms with Gasteiger partial charge in [-0.2, -0.15) is 0 Å². The van der Waals surface area contributed by atoms with Crippen molar-refractivity contribution in [3.8, 4) is 0 Å². The highest BCUT2D eigenvalue weighted by molar-refractivity contribution is 6.34. The highest BCUT2D eigenvalue weighted by Crippen LogP contribution is 2.25. The number of urea groups is 1. The van der Waals surface area contributed by atoms with Crippen LogP contribution >= 0.6 is 23.2 Å². The molecule has 11 heteroatoms. The Labute approximate surface area is 195 Å². The number of carbonyl (C=O) groups is 3. The monoisotopic (exact) mass is 481 g/mol. The Kier molecular flexibility index (Phi) is 10.2. The zero-order valence-corrected chi connectivity index (χ0v) is 19.0. The van der Waals surface area contributed by atoms with E-state index in [-0.39, 0.29) is 12.8 Å². The van der Waals surface area contributed by atoms with Gasteiger partial charge in [-0.1, -0.05) is 23.2 Å². The molecule has 0 saturated carbocycles. The van der Waals surface area contributed by atoms with Crippen LogP contribution in [0, 0.1) is 6.92 Å². The molecule has 32 heavy (non-hydrogen) atoms. The first-order valence-corrected chi connectivity index (χ1v) is 10.7. The Bertz CT molecular complexity index is 937. The summed E-state index contributed by atoms with van der Waals surface area (Å²) in [6, 6.07) is 6.84. The molecule has 1 aromatic carbocycles. The van der Waals surface area contributed by atoms with Gasteiger partial charge >= 0.3 is 12.0 Å². The van der Waals surface area contributed by atoms with Crippen LogP contribution < -0.4 is 21.5 Å². The van der Waals surface area contributed by atoms with Gasteiger partial charge in [-0.3, -0.25) is 20.3 Å². The minimum atomic E-state index is -1.09. The van der Waals surface area contributed by atoms with Gasteiger partial charge in [-0.15, -0.1) is 0 Å². The average molecular weight is 482 g/mol. The molecule has 2 rings (SSSR count). The fourth-order valence-corrected chi connectivity index (χ4v) is 3.38. The molecule has 1 heterocycles. The number of unbranched alkanes of at least 4 members (excludes halogenated alkanes) is 1. The molecule has 2 aromatic rings. The quantitative estimate of drug-likeness (QED) is 0.243. The molecule has 0 aliphatic rings. The number of aromatic nitrogens is 1. The molecule has 1 unspecified atom stereocenters. The fraction of sp³-hybridized carbons (Fsp3) is 0.333. The minimum Gasteiger partial charge on any atom is -0.481 e. The number of hydrogen-bond acceptors (Lipinski definition) is 6. The number of halogens is 2. The summed E-state index contributed by atoms with van der Waals surface area (Å²) in [5.74, 6) is -0.762. The zero-order valence-electron chi connectivity index (χ0n) is 17.5. The van der Waals surface area contributed by atoms with E-state index in [0.29, 0.717) is 28.6 Å². The van der Waals surface area contributed by atoms with Crippen molar-refractivity contribution in [3.05, 3.63) is 57.7 Å². The van der Waals surface area contributed by atoms with E-state index in [0.717, 1.165) is 17.8 Å². The minimum absolute atomic E-state index is 0.165. The van der Waals surface area contributed by atoms with E-state index in [9.17, 15) is 14.4 Å². The SMILES string of the molecule is Cc1ccnc(NCCCCC(=O)NC(=O)NNC(CC(=O)O)c2cc(Cl)cc(Cl)c2)c1. The van der Waals surface area contributed by atoms with Crippen LogP contribution in [0.15, 0.2) is 36.5 Å².